The molecule has 2 heterocycles. The molecule has 0 aliphatic carbocycles. The first kappa shape index (κ1) is 29.9. The van der Waals surface area contributed by atoms with E-state index in [2.05, 4.69) is 0 Å². The number of benzene rings is 2. The van der Waals surface area contributed by atoms with Gasteiger partial charge >= 0.3 is 11.9 Å². The van der Waals surface area contributed by atoms with Crippen molar-refractivity contribution in [2.24, 2.45) is 0 Å². The number of thiocarbonyl (C=S) groups is 2. The molecule has 0 unspecified atom stereocenters. The van der Waals surface area contributed by atoms with E-state index in [1.807, 2.05) is 13.8 Å². The molecule has 4 rings (SSSR count). The SMILES string of the molecule is CCCCOC(=O)c1cccc(N2C(=O)C(=C3SC(=S)N(c4cccc(C(=O)OCCCC)c4)C3=O)SC2=S)c1. The third kappa shape index (κ3) is 6.46. The summed E-state index contributed by atoms with van der Waals surface area (Å²) in [6.45, 7) is 4.62. The Labute approximate surface area is 251 Å². The molecule has 2 amide bonds. The number of carbonyl (C=O) groups is 4. The van der Waals surface area contributed by atoms with Crippen LogP contribution in [0.2, 0.25) is 0 Å². The average molecular weight is 615 g/mol. The quantitative estimate of drug-likeness (QED) is 0.132. The summed E-state index contributed by atoms with van der Waals surface area (Å²) in [5.74, 6) is -1.95. The van der Waals surface area contributed by atoms with Crippen molar-refractivity contribution >= 4 is 91.7 Å². The van der Waals surface area contributed by atoms with Crippen molar-refractivity contribution in [3.63, 3.8) is 0 Å². The Morgan fingerprint density at radius 3 is 1.50 bits per heavy atom. The molecule has 0 aromatic heterocycles. The van der Waals surface area contributed by atoms with E-state index < -0.39 is 23.8 Å². The van der Waals surface area contributed by atoms with Crippen molar-refractivity contribution in [3.8, 4) is 0 Å². The zero-order chi connectivity index (χ0) is 28.8. The third-order valence-corrected chi connectivity index (χ3v) is 8.76. The van der Waals surface area contributed by atoms with Crippen LogP contribution in [0.3, 0.4) is 0 Å². The number of ether oxygens (including phenoxy) is 2. The summed E-state index contributed by atoms with van der Waals surface area (Å²) < 4.78 is 11.0. The van der Waals surface area contributed by atoms with Gasteiger partial charge in [0.15, 0.2) is 8.64 Å². The van der Waals surface area contributed by atoms with E-state index in [4.69, 9.17) is 33.9 Å². The summed E-state index contributed by atoms with van der Waals surface area (Å²) in [6.07, 6.45) is 3.30. The highest BCUT2D eigenvalue weighted by molar-refractivity contribution is 8.30. The molecule has 0 N–H and O–H groups in total. The molecule has 40 heavy (non-hydrogen) atoms. The standard InChI is InChI=1S/C28H26N2O6S4/c1-3-5-13-35-25(33)17-9-7-11-19(15-17)29-23(31)21(39-27(29)37)22-24(32)30(28(38)40-22)20-12-8-10-18(16-20)26(34)36-14-6-4-2/h7-12,15-16H,3-6,13-14H2,1-2H3. The van der Waals surface area contributed by atoms with Gasteiger partial charge in [0.05, 0.1) is 45.5 Å². The summed E-state index contributed by atoms with van der Waals surface area (Å²) in [5.41, 5.74) is 1.38. The van der Waals surface area contributed by atoms with Gasteiger partial charge in [-0.05, 0) is 49.2 Å². The smallest absolute Gasteiger partial charge is 0.338 e. The predicted octanol–water partition coefficient (Wildman–Crippen LogP) is 6.24. The second kappa shape index (κ2) is 13.5. The second-order valence-electron chi connectivity index (χ2n) is 8.75. The van der Waals surface area contributed by atoms with Crippen LogP contribution in [0.15, 0.2) is 58.3 Å². The fourth-order valence-corrected chi connectivity index (χ4v) is 6.54. The number of hydrogen-bond donors (Lipinski definition) is 0. The molecule has 2 aromatic rings. The highest BCUT2D eigenvalue weighted by atomic mass is 32.2. The van der Waals surface area contributed by atoms with E-state index in [-0.39, 0.29) is 18.5 Å². The number of unbranched alkanes of at least 4 members (excludes halogenated alkanes) is 2. The largest absolute Gasteiger partial charge is 0.462 e. The average Bonchev–Trinajstić information content (AvgIpc) is 3.41. The lowest BCUT2D eigenvalue weighted by atomic mass is 10.2. The maximum Gasteiger partial charge on any atom is 0.338 e. The number of anilines is 2. The second-order valence-corrected chi connectivity index (χ2v) is 12.0. The maximum atomic E-state index is 13.5. The Bertz CT molecular complexity index is 1320. The number of rotatable bonds is 10. The Balaban J connectivity index is 1.56. The van der Waals surface area contributed by atoms with Gasteiger partial charge in [0.25, 0.3) is 11.8 Å². The predicted molar refractivity (Wildman–Crippen MR) is 166 cm³/mol. The fourth-order valence-electron chi connectivity index (χ4n) is 3.78. The van der Waals surface area contributed by atoms with Crippen molar-refractivity contribution in [2.45, 2.75) is 39.5 Å². The topological polar surface area (TPSA) is 93.2 Å². The van der Waals surface area contributed by atoms with Crippen LogP contribution in [0.5, 0.6) is 0 Å². The molecule has 8 nitrogen and oxygen atoms in total. The third-order valence-electron chi connectivity index (χ3n) is 5.89. The van der Waals surface area contributed by atoms with Gasteiger partial charge in [-0.15, -0.1) is 0 Å². The minimum atomic E-state index is -0.488. The van der Waals surface area contributed by atoms with Gasteiger partial charge in [0, 0.05) is 0 Å². The van der Waals surface area contributed by atoms with Gasteiger partial charge in [-0.3, -0.25) is 19.4 Å². The number of thioether (sulfide) groups is 2. The van der Waals surface area contributed by atoms with Gasteiger partial charge < -0.3 is 9.47 Å². The number of carbonyl (C=O) groups excluding carboxylic acids is 4. The van der Waals surface area contributed by atoms with Crippen LogP contribution < -0.4 is 9.80 Å². The van der Waals surface area contributed by atoms with Crippen LogP contribution in [0.25, 0.3) is 0 Å². The molecule has 2 aliphatic heterocycles. The van der Waals surface area contributed by atoms with E-state index in [0.717, 1.165) is 49.2 Å². The van der Waals surface area contributed by atoms with Crippen molar-refractivity contribution in [2.75, 3.05) is 23.0 Å². The first-order valence-corrected chi connectivity index (χ1v) is 15.1. The minimum absolute atomic E-state index is 0.149. The Kier molecular flexibility index (Phi) is 10.1. The molecule has 0 atom stereocenters. The van der Waals surface area contributed by atoms with E-state index >= 15 is 0 Å². The monoisotopic (exact) mass is 614 g/mol. The lowest BCUT2D eigenvalue weighted by Crippen LogP contribution is -2.29. The molecule has 12 heteroatoms. The molecule has 0 saturated carbocycles. The van der Waals surface area contributed by atoms with Gasteiger partial charge in [-0.25, -0.2) is 9.59 Å². The van der Waals surface area contributed by atoms with E-state index in [1.54, 1.807) is 36.4 Å². The number of hydrogen-bond acceptors (Lipinski definition) is 10. The molecule has 0 radical (unpaired) electrons. The number of nitrogens with zero attached hydrogens (tertiary/aromatic N) is 2. The molecule has 2 saturated heterocycles. The van der Waals surface area contributed by atoms with Crippen LogP contribution >= 0.6 is 48.0 Å². The van der Waals surface area contributed by atoms with Gasteiger partial charge in [0.1, 0.15) is 0 Å². The summed E-state index contributed by atoms with van der Waals surface area (Å²) >= 11 is 13.0. The summed E-state index contributed by atoms with van der Waals surface area (Å²) in [5, 5.41) is 0. The maximum absolute atomic E-state index is 13.5. The molecule has 0 spiro atoms. The van der Waals surface area contributed by atoms with E-state index in [9.17, 15) is 19.2 Å². The van der Waals surface area contributed by atoms with Crippen molar-refractivity contribution in [1.29, 1.82) is 0 Å². The molecule has 0 bridgehead atoms. The van der Waals surface area contributed by atoms with Crippen molar-refractivity contribution in [3.05, 3.63) is 69.5 Å². The normalized spacial score (nSPS) is 17.1. The van der Waals surface area contributed by atoms with Crippen LogP contribution in [-0.2, 0) is 19.1 Å². The van der Waals surface area contributed by atoms with Crippen LogP contribution in [0.4, 0.5) is 11.4 Å². The lowest BCUT2D eigenvalue weighted by Gasteiger charge is -2.16. The van der Waals surface area contributed by atoms with Crippen LogP contribution in [0.1, 0.15) is 60.2 Å². The Morgan fingerprint density at radius 2 is 1.12 bits per heavy atom. The zero-order valence-corrected chi connectivity index (χ0v) is 25.1. The van der Waals surface area contributed by atoms with Gasteiger partial charge in [0.2, 0.25) is 0 Å². The molecule has 208 valence electrons. The first-order chi connectivity index (χ1) is 19.3. The number of amides is 2. The molecule has 2 fully saturated rings. The Morgan fingerprint density at radius 1 is 0.725 bits per heavy atom. The van der Waals surface area contributed by atoms with Crippen LogP contribution in [-0.4, -0.2) is 45.6 Å². The van der Waals surface area contributed by atoms with E-state index in [0.29, 0.717) is 35.7 Å². The molecule has 2 aromatic carbocycles. The fraction of sp³-hybridized carbons (Fsp3) is 0.286. The zero-order valence-electron chi connectivity index (χ0n) is 21.8. The lowest BCUT2D eigenvalue weighted by molar-refractivity contribution is -0.115. The summed E-state index contributed by atoms with van der Waals surface area (Å²) in [6, 6.07) is 12.9. The Hall–Kier alpha value is -3.06. The van der Waals surface area contributed by atoms with E-state index in [1.165, 1.54) is 21.9 Å². The summed E-state index contributed by atoms with van der Waals surface area (Å²) in [4.78, 5) is 54.8. The number of esters is 2. The first-order valence-electron chi connectivity index (χ1n) is 12.7. The molecule has 2 aliphatic rings. The highest BCUT2D eigenvalue weighted by Crippen LogP contribution is 2.44. The van der Waals surface area contributed by atoms with Gasteiger partial charge in [-0.2, -0.15) is 0 Å². The van der Waals surface area contributed by atoms with Crippen molar-refractivity contribution < 1.29 is 28.7 Å². The molecular formula is C28H26N2O6S4. The van der Waals surface area contributed by atoms with Gasteiger partial charge in [-0.1, -0.05) is 86.8 Å². The summed E-state index contributed by atoms with van der Waals surface area (Å²) in [7, 11) is 0. The van der Waals surface area contributed by atoms with Crippen LogP contribution in [0, 0.1) is 0 Å². The molecular weight excluding hydrogens is 589 g/mol. The van der Waals surface area contributed by atoms with Crippen molar-refractivity contribution in [1.82, 2.24) is 0 Å². The highest BCUT2D eigenvalue weighted by Gasteiger charge is 2.43. The minimum Gasteiger partial charge on any atom is -0.462 e.